The van der Waals surface area contributed by atoms with Gasteiger partial charge in [0.25, 0.3) is 0 Å². The number of hydrogen-bond acceptors (Lipinski definition) is 3. The molecule has 0 bridgehead atoms. The van der Waals surface area contributed by atoms with Crippen LogP contribution in [0.2, 0.25) is 0 Å². The third-order valence-electron chi connectivity index (χ3n) is 3.79. The fourth-order valence-corrected chi connectivity index (χ4v) is 2.43. The Morgan fingerprint density at radius 2 is 1.60 bits per heavy atom. The highest BCUT2D eigenvalue weighted by molar-refractivity contribution is 5.23. The summed E-state index contributed by atoms with van der Waals surface area (Å²) in [5.74, 6) is 0. The second kappa shape index (κ2) is 9.11. The van der Waals surface area contributed by atoms with Crippen LogP contribution in [0.5, 0.6) is 0 Å². The van der Waals surface area contributed by atoms with Gasteiger partial charge in [0.15, 0.2) is 0 Å². The molecule has 114 valence electrons. The Hall–Kier alpha value is -0.900. The number of nitrogens with zero attached hydrogens (tertiary/aromatic N) is 1. The molecule has 3 N–H and O–H groups in total. The highest BCUT2D eigenvalue weighted by atomic mass is 16.3. The van der Waals surface area contributed by atoms with E-state index >= 15 is 0 Å². The summed E-state index contributed by atoms with van der Waals surface area (Å²) in [6.45, 7) is 7.34. The number of benzene rings is 1. The molecule has 0 saturated carbocycles. The summed E-state index contributed by atoms with van der Waals surface area (Å²) >= 11 is 0. The number of aliphatic hydroxyl groups is 1. The highest BCUT2D eigenvalue weighted by Gasteiger charge is 2.29. The Balaban J connectivity index is 2.75. The fraction of sp³-hybridized carbons (Fsp3) is 0.647. The zero-order valence-corrected chi connectivity index (χ0v) is 13.0. The van der Waals surface area contributed by atoms with Gasteiger partial charge in [-0.25, -0.2) is 0 Å². The quantitative estimate of drug-likeness (QED) is 0.692. The SMILES string of the molecule is CCCCN(CCCC)CC(O)(CN)c1ccccc1. The Morgan fingerprint density at radius 3 is 2.05 bits per heavy atom. The smallest absolute Gasteiger partial charge is 0.114 e. The lowest BCUT2D eigenvalue weighted by molar-refractivity contribution is 0.00600. The Morgan fingerprint density at radius 1 is 1.05 bits per heavy atom. The van der Waals surface area contributed by atoms with Crippen LogP contribution >= 0.6 is 0 Å². The standard InChI is InChI=1S/C17H30N2O/c1-3-5-12-19(13-6-4-2)15-17(20,14-18)16-10-8-7-9-11-16/h7-11,20H,3-6,12-15,18H2,1-2H3. The molecule has 0 fully saturated rings. The lowest BCUT2D eigenvalue weighted by Gasteiger charge is -2.34. The van der Waals surface area contributed by atoms with Crippen LogP contribution in [0.25, 0.3) is 0 Å². The van der Waals surface area contributed by atoms with Gasteiger partial charge in [0.2, 0.25) is 0 Å². The van der Waals surface area contributed by atoms with Gasteiger partial charge in [-0.3, -0.25) is 0 Å². The molecule has 0 aromatic heterocycles. The lowest BCUT2D eigenvalue weighted by atomic mass is 9.93. The molecule has 0 saturated heterocycles. The van der Waals surface area contributed by atoms with Crippen molar-refractivity contribution in [3.8, 4) is 0 Å². The van der Waals surface area contributed by atoms with Crippen LogP contribution < -0.4 is 5.73 Å². The first kappa shape index (κ1) is 17.2. The van der Waals surface area contributed by atoms with Crippen molar-refractivity contribution in [2.75, 3.05) is 26.2 Å². The van der Waals surface area contributed by atoms with Crippen LogP contribution in [0, 0.1) is 0 Å². The Kier molecular flexibility index (Phi) is 7.82. The molecule has 1 rings (SSSR count). The molecule has 0 amide bonds. The molecular formula is C17H30N2O. The van der Waals surface area contributed by atoms with Crippen LogP contribution in [-0.4, -0.2) is 36.2 Å². The predicted molar refractivity (Wildman–Crippen MR) is 85.6 cm³/mol. The van der Waals surface area contributed by atoms with E-state index in [0.717, 1.165) is 18.7 Å². The van der Waals surface area contributed by atoms with Gasteiger partial charge in [0.1, 0.15) is 5.60 Å². The second-order valence-corrected chi connectivity index (χ2v) is 5.58. The number of unbranched alkanes of at least 4 members (excludes halogenated alkanes) is 2. The third kappa shape index (κ3) is 5.23. The monoisotopic (exact) mass is 278 g/mol. The summed E-state index contributed by atoms with van der Waals surface area (Å²) in [6, 6.07) is 9.80. The van der Waals surface area contributed by atoms with Crippen LogP contribution in [0.4, 0.5) is 0 Å². The minimum Gasteiger partial charge on any atom is -0.382 e. The molecule has 3 heteroatoms. The molecule has 20 heavy (non-hydrogen) atoms. The highest BCUT2D eigenvalue weighted by Crippen LogP contribution is 2.21. The van der Waals surface area contributed by atoms with E-state index in [1.807, 2.05) is 30.3 Å². The van der Waals surface area contributed by atoms with E-state index in [1.54, 1.807) is 0 Å². The normalized spacial score (nSPS) is 14.4. The summed E-state index contributed by atoms with van der Waals surface area (Å²) in [4.78, 5) is 2.35. The van der Waals surface area contributed by atoms with Crippen LogP contribution in [0.15, 0.2) is 30.3 Å². The molecule has 1 aromatic rings. The topological polar surface area (TPSA) is 49.5 Å². The van der Waals surface area contributed by atoms with Gasteiger partial charge in [-0.1, -0.05) is 57.0 Å². The lowest BCUT2D eigenvalue weighted by Crippen LogP contribution is -2.46. The summed E-state index contributed by atoms with van der Waals surface area (Å²) in [7, 11) is 0. The molecule has 1 aromatic carbocycles. The maximum absolute atomic E-state index is 10.9. The molecule has 1 atom stereocenters. The average Bonchev–Trinajstić information content (AvgIpc) is 2.50. The molecular weight excluding hydrogens is 248 g/mol. The Labute approximate surface area is 123 Å². The predicted octanol–water partition coefficient (Wildman–Crippen LogP) is 2.74. The summed E-state index contributed by atoms with van der Waals surface area (Å²) in [5, 5.41) is 10.9. The van der Waals surface area contributed by atoms with Crippen molar-refractivity contribution in [3.05, 3.63) is 35.9 Å². The molecule has 0 aliphatic heterocycles. The van der Waals surface area contributed by atoms with Crippen molar-refractivity contribution in [2.24, 2.45) is 5.73 Å². The van der Waals surface area contributed by atoms with Crippen molar-refractivity contribution in [1.29, 1.82) is 0 Å². The van der Waals surface area contributed by atoms with Crippen LogP contribution in [-0.2, 0) is 5.60 Å². The minimum absolute atomic E-state index is 0.256. The van der Waals surface area contributed by atoms with Gasteiger partial charge in [0, 0.05) is 13.1 Å². The molecule has 0 heterocycles. The third-order valence-corrected chi connectivity index (χ3v) is 3.79. The van der Waals surface area contributed by atoms with Crippen molar-refractivity contribution in [3.63, 3.8) is 0 Å². The maximum atomic E-state index is 10.9. The van der Waals surface area contributed by atoms with Gasteiger partial charge in [-0.2, -0.15) is 0 Å². The van der Waals surface area contributed by atoms with Crippen molar-refractivity contribution in [2.45, 2.75) is 45.1 Å². The zero-order chi connectivity index (χ0) is 14.8. The van der Waals surface area contributed by atoms with Gasteiger partial charge < -0.3 is 15.7 Å². The average molecular weight is 278 g/mol. The Bertz CT molecular complexity index is 347. The molecule has 0 aliphatic carbocycles. The van der Waals surface area contributed by atoms with E-state index in [4.69, 9.17) is 5.73 Å². The van der Waals surface area contributed by atoms with Crippen molar-refractivity contribution in [1.82, 2.24) is 4.90 Å². The number of rotatable bonds is 10. The van der Waals surface area contributed by atoms with E-state index < -0.39 is 5.60 Å². The molecule has 0 aliphatic rings. The molecule has 1 unspecified atom stereocenters. The zero-order valence-electron chi connectivity index (χ0n) is 13.0. The molecule has 3 nitrogen and oxygen atoms in total. The van der Waals surface area contributed by atoms with E-state index in [9.17, 15) is 5.11 Å². The first-order valence-electron chi connectivity index (χ1n) is 7.86. The van der Waals surface area contributed by atoms with E-state index in [2.05, 4.69) is 18.7 Å². The van der Waals surface area contributed by atoms with Gasteiger partial charge in [0.05, 0.1) is 0 Å². The van der Waals surface area contributed by atoms with Crippen molar-refractivity contribution < 1.29 is 5.11 Å². The summed E-state index contributed by atoms with van der Waals surface area (Å²) in [5.41, 5.74) is 5.84. The van der Waals surface area contributed by atoms with E-state index in [-0.39, 0.29) is 6.54 Å². The second-order valence-electron chi connectivity index (χ2n) is 5.58. The number of hydrogen-bond donors (Lipinski definition) is 2. The van der Waals surface area contributed by atoms with E-state index in [1.165, 1.54) is 25.7 Å². The summed E-state index contributed by atoms with van der Waals surface area (Å²) < 4.78 is 0. The van der Waals surface area contributed by atoms with Crippen molar-refractivity contribution >= 4 is 0 Å². The first-order valence-corrected chi connectivity index (χ1v) is 7.86. The maximum Gasteiger partial charge on any atom is 0.114 e. The van der Waals surface area contributed by atoms with Gasteiger partial charge in [-0.15, -0.1) is 0 Å². The fourth-order valence-electron chi connectivity index (χ4n) is 2.43. The largest absolute Gasteiger partial charge is 0.382 e. The van der Waals surface area contributed by atoms with Crippen LogP contribution in [0.1, 0.15) is 45.1 Å². The summed E-state index contributed by atoms with van der Waals surface area (Å²) in [6.07, 6.45) is 4.68. The minimum atomic E-state index is -0.942. The molecule has 0 radical (unpaired) electrons. The number of nitrogens with two attached hydrogens (primary N) is 1. The van der Waals surface area contributed by atoms with Gasteiger partial charge in [-0.05, 0) is 31.5 Å². The first-order chi connectivity index (χ1) is 9.66. The van der Waals surface area contributed by atoms with Crippen LogP contribution in [0.3, 0.4) is 0 Å². The molecule has 0 spiro atoms. The van der Waals surface area contributed by atoms with Gasteiger partial charge >= 0.3 is 0 Å². The van der Waals surface area contributed by atoms with E-state index in [0.29, 0.717) is 6.54 Å².